The first-order valence-electron chi connectivity index (χ1n) is 10.8. The van der Waals surface area contributed by atoms with Gasteiger partial charge in [-0.2, -0.15) is 0 Å². The van der Waals surface area contributed by atoms with Crippen LogP contribution in [0.25, 0.3) is 17.0 Å². The molecule has 170 valence electrons. The zero-order chi connectivity index (χ0) is 23.5. The molecule has 0 spiro atoms. The standard InChI is InChI=1S/C27H21ClN2O3S/c28-23-12-6-4-8-19(23)17-29-18-20(22-11-5-7-13-24(22)29)16-25-26(31)30(27(32)34-25)14-15-33-21-9-2-1-3-10-21/h1-13,16,18H,14-15,17H2/b25-16-. The van der Waals surface area contributed by atoms with Gasteiger partial charge in [0.15, 0.2) is 0 Å². The van der Waals surface area contributed by atoms with Crippen molar-refractivity contribution >= 4 is 51.5 Å². The molecule has 1 aromatic heterocycles. The number of para-hydroxylation sites is 2. The number of nitrogens with zero attached hydrogens (tertiary/aromatic N) is 2. The Morgan fingerprint density at radius 2 is 1.65 bits per heavy atom. The third-order valence-corrected chi connectivity index (χ3v) is 6.88. The summed E-state index contributed by atoms with van der Waals surface area (Å²) in [4.78, 5) is 27.2. The predicted octanol–water partition coefficient (Wildman–Crippen LogP) is 6.46. The largest absolute Gasteiger partial charge is 0.492 e. The van der Waals surface area contributed by atoms with Gasteiger partial charge in [0.05, 0.1) is 11.4 Å². The minimum Gasteiger partial charge on any atom is -0.492 e. The molecule has 34 heavy (non-hydrogen) atoms. The summed E-state index contributed by atoms with van der Waals surface area (Å²) in [5.41, 5.74) is 2.92. The number of benzene rings is 3. The molecule has 0 bridgehead atoms. The van der Waals surface area contributed by atoms with E-state index < -0.39 is 0 Å². The zero-order valence-electron chi connectivity index (χ0n) is 18.2. The van der Waals surface area contributed by atoms with Gasteiger partial charge in [0.25, 0.3) is 11.1 Å². The van der Waals surface area contributed by atoms with E-state index in [1.54, 1.807) is 6.08 Å². The number of hydrogen-bond acceptors (Lipinski definition) is 4. The van der Waals surface area contributed by atoms with Crippen LogP contribution in [0.4, 0.5) is 4.79 Å². The summed E-state index contributed by atoms with van der Waals surface area (Å²) in [7, 11) is 0. The number of ether oxygens (including phenoxy) is 1. The lowest BCUT2D eigenvalue weighted by Gasteiger charge is -2.13. The Bertz CT molecular complexity index is 1400. The lowest BCUT2D eigenvalue weighted by atomic mass is 10.1. The van der Waals surface area contributed by atoms with Gasteiger partial charge in [-0.1, -0.05) is 66.2 Å². The van der Waals surface area contributed by atoms with Crippen LogP contribution in [0.15, 0.2) is 90.0 Å². The number of rotatable bonds is 7. The maximum Gasteiger partial charge on any atom is 0.293 e. The van der Waals surface area contributed by atoms with E-state index in [4.69, 9.17) is 16.3 Å². The summed E-state index contributed by atoms with van der Waals surface area (Å²) in [6.07, 6.45) is 3.80. The SMILES string of the molecule is O=C1S/C(=C\c2cn(Cc3ccccc3Cl)c3ccccc23)C(=O)N1CCOc1ccccc1. The van der Waals surface area contributed by atoms with E-state index in [0.717, 1.165) is 33.8 Å². The summed E-state index contributed by atoms with van der Waals surface area (Å²) < 4.78 is 7.77. The number of aromatic nitrogens is 1. The smallest absolute Gasteiger partial charge is 0.293 e. The molecule has 0 unspecified atom stereocenters. The topological polar surface area (TPSA) is 51.5 Å². The molecule has 2 heterocycles. The Balaban J connectivity index is 1.37. The minimum atomic E-state index is -0.297. The second-order valence-electron chi connectivity index (χ2n) is 7.82. The van der Waals surface area contributed by atoms with Crippen molar-refractivity contribution in [2.45, 2.75) is 6.54 Å². The van der Waals surface area contributed by atoms with E-state index in [2.05, 4.69) is 4.57 Å². The molecule has 5 nitrogen and oxygen atoms in total. The highest BCUT2D eigenvalue weighted by Crippen LogP contribution is 2.34. The highest BCUT2D eigenvalue weighted by molar-refractivity contribution is 8.18. The van der Waals surface area contributed by atoms with Crippen molar-refractivity contribution in [3.8, 4) is 5.75 Å². The quantitative estimate of drug-likeness (QED) is 0.280. The van der Waals surface area contributed by atoms with Crippen LogP contribution in [0.5, 0.6) is 5.75 Å². The van der Waals surface area contributed by atoms with Crippen molar-refractivity contribution in [1.82, 2.24) is 9.47 Å². The summed E-state index contributed by atoms with van der Waals surface area (Å²) >= 11 is 7.33. The van der Waals surface area contributed by atoms with E-state index in [9.17, 15) is 9.59 Å². The van der Waals surface area contributed by atoms with Crippen LogP contribution in [0.2, 0.25) is 5.02 Å². The lowest BCUT2D eigenvalue weighted by Crippen LogP contribution is -2.32. The minimum absolute atomic E-state index is 0.200. The van der Waals surface area contributed by atoms with Gasteiger partial charge in [0.1, 0.15) is 12.4 Å². The Hall–Kier alpha value is -3.48. The molecule has 0 radical (unpaired) electrons. The molecular weight excluding hydrogens is 468 g/mol. The Morgan fingerprint density at radius 3 is 2.47 bits per heavy atom. The number of hydrogen-bond donors (Lipinski definition) is 0. The molecule has 0 atom stereocenters. The van der Waals surface area contributed by atoms with Crippen molar-refractivity contribution < 1.29 is 14.3 Å². The fourth-order valence-electron chi connectivity index (χ4n) is 3.94. The molecule has 7 heteroatoms. The average molecular weight is 489 g/mol. The second-order valence-corrected chi connectivity index (χ2v) is 9.22. The summed E-state index contributed by atoms with van der Waals surface area (Å²) in [5.74, 6) is 0.408. The molecule has 2 amide bonds. The van der Waals surface area contributed by atoms with Crippen LogP contribution < -0.4 is 4.74 Å². The van der Waals surface area contributed by atoms with Crippen LogP contribution in [-0.4, -0.2) is 33.8 Å². The van der Waals surface area contributed by atoms with Gasteiger partial charge in [-0.25, -0.2) is 0 Å². The number of thioether (sulfide) groups is 1. The van der Waals surface area contributed by atoms with Crippen LogP contribution in [0.1, 0.15) is 11.1 Å². The van der Waals surface area contributed by atoms with Gasteiger partial charge < -0.3 is 9.30 Å². The molecule has 1 aliphatic heterocycles. The van der Waals surface area contributed by atoms with Crippen LogP contribution >= 0.6 is 23.4 Å². The normalized spacial score (nSPS) is 15.0. The van der Waals surface area contributed by atoms with Crippen molar-refractivity contribution in [2.24, 2.45) is 0 Å². The molecule has 1 aliphatic rings. The number of carbonyl (C=O) groups is 2. The Labute approximate surface area is 206 Å². The van der Waals surface area contributed by atoms with Crippen LogP contribution in [0.3, 0.4) is 0 Å². The maximum atomic E-state index is 13.0. The molecule has 1 saturated heterocycles. The molecular formula is C27H21ClN2O3S. The van der Waals surface area contributed by atoms with E-state index in [-0.39, 0.29) is 24.3 Å². The van der Waals surface area contributed by atoms with E-state index >= 15 is 0 Å². The molecule has 3 aromatic carbocycles. The molecule has 5 rings (SSSR count). The van der Waals surface area contributed by atoms with Crippen molar-refractivity contribution in [1.29, 1.82) is 0 Å². The van der Waals surface area contributed by atoms with Crippen molar-refractivity contribution in [2.75, 3.05) is 13.2 Å². The van der Waals surface area contributed by atoms with Crippen LogP contribution in [-0.2, 0) is 11.3 Å². The number of carbonyl (C=O) groups excluding carboxylic acids is 2. The lowest BCUT2D eigenvalue weighted by molar-refractivity contribution is -0.123. The first-order valence-corrected chi connectivity index (χ1v) is 12.0. The Kier molecular flexibility index (Phi) is 6.43. The average Bonchev–Trinajstić information content (AvgIpc) is 3.33. The van der Waals surface area contributed by atoms with Gasteiger partial charge in [0.2, 0.25) is 0 Å². The zero-order valence-corrected chi connectivity index (χ0v) is 19.8. The van der Waals surface area contributed by atoms with Crippen molar-refractivity contribution in [3.05, 3.63) is 106 Å². The van der Waals surface area contributed by atoms with E-state index in [1.165, 1.54) is 4.90 Å². The first-order chi connectivity index (χ1) is 16.6. The molecule has 4 aromatic rings. The molecule has 0 saturated carbocycles. The number of halogens is 1. The third kappa shape index (κ3) is 4.60. The fraction of sp³-hybridized carbons (Fsp3) is 0.111. The number of fused-ring (bicyclic) bond motifs is 1. The number of amides is 2. The summed E-state index contributed by atoms with van der Waals surface area (Å²) in [5, 5.41) is 1.43. The van der Waals surface area contributed by atoms with Gasteiger partial charge >= 0.3 is 0 Å². The summed E-state index contributed by atoms with van der Waals surface area (Å²) in [6.45, 7) is 1.05. The monoisotopic (exact) mass is 488 g/mol. The van der Waals surface area contributed by atoms with E-state index in [0.29, 0.717) is 22.2 Å². The molecule has 0 N–H and O–H groups in total. The molecule has 1 fully saturated rings. The van der Waals surface area contributed by atoms with Crippen LogP contribution in [0, 0.1) is 0 Å². The van der Waals surface area contributed by atoms with Gasteiger partial charge in [0, 0.05) is 34.2 Å². The predicted molar refractivity (Wildman–Crippen MR) is 137 cm³/mol. The fourth-order valence-corrected chi connectivity index (χ4v) is 4.99. The van der Waals surface area contributed by atoms with Crippen molar-refractivity contribution in [3.63, 3.8) is 0 Å². The first kappa shape index (κ1) is 22.3. The maximum absolute atomic E-state index is 13.0. The highest BCUT2D eigenvalue weighted by Gasteiger charge is 2.35. The van der Waals surface area contributed by atoms with E-state index in [1.807, 2.05) is 85.1 Å². The van der Waals surface area contributed by atoms with Gasteiger partial charge in [-0.15, -0.1) is 0 Å². The second kappa shape index (κ2) is 9.79. The number of imide groups is 1. The van der Waals surface area contributed by atoms with Gasteiger partial charge in [-0.3, -0.25) is 14.5 Å². The third-order valence-electron chi connectivity index (χ3n) is 5.60. The highest BCUT2D eigenvalue weighted by atomic mass is 35.5. The Morgan fingerprint density at radius 1 is 0.912 bits per heavy atom. The summed E-state index contributed by atoms with van der Waals surface area (Å²) in [6, 6.07) is 25.1. The molecule has 0 aliphatic carbocycles. The van der Waals surface area contributed by atoms with Gasteiger partial charge in [-0.05, 0) is 47.7 Å².